The van der Waals surface area contributed by atoms with Crippen LogP contribution in [0.1, 0.15) is 40.4 Å². The molecule has 1 aliphatic carbocycles. The zero-order chi connectivity index (χ0) is 17.2. The number of hydrogen-bond acceptors (Lipinski definition) is 4. The highest BCUT2D eigenvalue weighted by Gasteiger charge is 2.33. The van der Waals surface area contributed by atoms with Crippen LogP contribution in [-0.2, 0) is 9.47 Å². The molecule has 6 nitrogen and oxygen atoms in total. The third kappa shape index (κ3) is 3.45. The Kier molecular flexibility index (Phi) is 4.55. The first-order valence-electron chi connectivity index (χ1n) is 8.85. The Morgan fingerprint density at radius 2 is 2.16 bits per heavy atom. The van der Waals surface area contributed by atoms with Crippen molar-refractivity contribution in [3.8, 4) is 5.69 Å². The highest BCUT2D eigenvalue weighted by Crippen LogP contribution is 2.42. The van der Waals surface area contributed by atoms with E-state index in [9.17, 15) is 4.79 Å². The lowest BCUT2D eigenvalue weighted by Crippen LogP contribution is -2.39. The molecule has 1 aliphatic heterocycles. The number of nitrogens with zero attached hydrogens (tertiary/aromatic N) is 2. The van der Waals surface area contributed by atoms with Gasteiger partial charge in [0, 0.05) is 12.5 Å². The number of amides is 1. The van der Waals surface area contributed by atoms with E-state index >= 15 is 0 Å². The number of hydrogen-bond donors (Lipinski definition) is 1. The molecule has 0 spiro atoms. The number of para-hydroxylation sites is 1. The summed E-state index contributed by atoms with van der Waals surface area (Å²) in [5.74, 6) is 0.327. The van der Waals surface area contributed by atoms with Crippen LogP contribution in [0.5, 0.6) is 0 Å². The summed E-state index contributed by atoms with van der Waals surface area (Å²) in [6.45, 7) is 4.25. The van der Waals surface area contributed by atoms with E-state index in [1.54, 1.807) is 6.20 Å². The van der Waals surface area contributed by atoms with E-state index < -0.39 is 0 Å². The lowest BCUT2D eigenvalue weighted by atomic mass is 10.1. The fourth-order valence-electron chi connectivity index (χ4n) is 3.23. The Hall–Kier alpha value is -2.18. The predicted molar refractivity (Wildman–Crippen MR) is 93.2 cm³/mol. The van der Waals surface area contributed by atoms with E-state index in [1.165, 1.54) is 0 Å². The van der Waals surface area contributed by atoms with E-state index in [0.717, 1.165) is 29.8 Å². The molecule has 0 bridgehead atoms. The molecule has 1 atom stereocenters. The maximum atomic E-state index is 12.7. The minimum Gasteiger partial charge on any atom is -0.376 e. The summed E-state index contributed by atoms with van der Waals surface area (Å²) < 4.78 is 12.9. The van der Waals surface area contributed by atoms with Crippen LogP contribution in [0.25, 0.3) is 5.69 Å². The van der Waals surface area contributed by atoms with Crippen LogP contribution < -0.4 is 5.32 Å². The van der Waals surface area contributed by atoms with Crippen LogP contribution >= 0.6 is 0 Å². The van der Waals surface area contributed by atoms with Crippen LogP contribution in [0.4, 0.5) is 0 Å². The molecule has 2 aliphatic rings. The number of benzene rings is 1. The molecule has 2 fully saturated rings. The van der Waals surface area contributed by atoms with Gasteiger partial charge in [-0.25, -0.2) is 4.68 Å². The molecule has 1 saturated carbocycles. The van der Waals surface area contributed by atoms with Gasteiger partial charge in [0.25, 0.3) is 5.91 Å². The first kappa shape index (κ1) is 16.3. The fraction of sp³-hybridized carbons (Fsp3) is 0.474. The molecular formula is C19H23N3O3. The number of carbonyl (C=O) groups is 1. The fourth-order valence-corrected chi connectivity index (χ4v) is 3.23. The second kappa shape index (κ2) is 6.98. The summed E-state index contributed by atoms with van der Waals surface area (Å²) in [5, 5.41) is 7.50. The topological polar surface area (TPSA) is 65.4 Å². The number of aromatic nitrogens is 2. The Balaban J connectivity index is 1.55. The summed E-state index contributed by atoms with van der Waals surface area (Å²) in [7, 11) is 0. The normalized spacial score (nSPS) is 20.4. The van der Waals surface area contributed by atoms with Crippen LogP contribution in [0.15, 0.2) is 30.5 Å². The van der Waals surface area contributed by atoms with Gasteiger partial charge in [-0.05, 0) is 31.4 Å². The molecule has 0 radical (unpaired) electrons. The molecule has 132 valence electrons. The monoisotopic (exact) mass is 341 g/mol. The largest absolute Gasteiger partial charge is 0.376 e. The minimum absolute atomic E-state index is 0.0755. The highest BCUT2D eigenvalue weighted by atomic mass is 16.6. The van der Waals surface area contributed by atoms with Gasteiger partial charge in [-0.3, -0.25) is 4.79 Å². The molecule has 1 aromatic heterocycles. The zero-order valence-electron chi connectivity index (χ0n) is 14.4. The smallest absolute Gasteiger partial charge is 0.254 e. The predicted octanol–water partition coefficient (Wildman–Crippen LogP) is 2.20. The van der Waals surface area contributed by atoms with E-state index in [2.05, 4.69) is 23.4 Å². The summed E-state index contributed by atoms with van der Waals surface area (Å²) in [5.41, 5.74) is 3.87. The van der Waals surface area contributed by atoms with Gasteiger partial charge in [0.2, 0.25) is 0 Å². The van der Waals surface area contributed by atoms with Crippen molar-refractivity contribution < 1.29 is 14.3 Å². The van der Waals surface area contributed by atoms with Gasteiger partial charge < -0.3 is 14.8 Å². The molecule has 6 heteroatoms. The summed E-state index contributed by atoms with van der Waals surface area (Å²) in [4.78, 5) is 12.7. The van der Waals surface area contributed by atoms with Crippen molar-refractivity contribution in [2.75, 3.05) is 26.4 Å². The van der Waals surface area contributed by atoms with Crippen molar-refractivity contribution >= 4 is 5.91 Å². The maximum absolute atomic E-state index is 12.7. The second-order valence-corrected chi connectivity index (χ2v) is 6.69. The standard InChI is InChI=1S/C19H23N3O3/c1-13-4-2-3-5-17(13)22-18(14-6-7-14)16(11-21-22)19(23)20-10-15-12-24-8-9-25-15/h2-5,11,14-15H,6-10,12H2,1H3,(H,20,23). The van der Waals surface area contributed by atoms with Crippen molar-refractivity contribution in [3.05, 3.63) is 47.3 Å². The van der Waals surface area contributed by atoms with Crippen molar-refractivity contribution in [2.45, 2.75) is 31.8 Å². The molecule has 25 heavy (non-hydrogen) atoms. The number of rotatable bonds is 5. The lowest BCUT2D eigenvalue weighted by Gasteiger charge is -2.23. The molecule has 2 heterocycles. The van der Waals surface area contributed by atoms with Gasteiger partial charge in [0.05, 0.1) is 49.1 Å². The summed E-state index contributed by atoms with van der Waals surface area (Å²) in [6.07, 6.45) is 3.83. The van der Waals surface area contributed by atoms with Gasteiger partial charge >= 0.3 is 0 Å². The Morgan fingerprint density at radius 3 is 2.88 bits per heavy atom. The Bertz CT molecular complexity index is 761. The van der Waals surface area contributed by atoms with Crippen LogP contribution in [0.2, 0.25) is 0 Å². The van der Waals surface area contributed by atoms with Crippen molar-refractivity contribution in [3.63, 3.8) is 0 Å². The summed E-state index contributed by atoms with van der Waals surface area (Å²) >= 11 is 0. The number of nitrogens with one attached hydrogen (secondary N) is 1. The Morgan fingerprint density at radius 1 is 1.32 bits per heavy atom. The van der Waals surface area contributed by atoms with Gasteiger partial charge in [-0.2, -0.15) is 5.10 Å². The molecular weight excluding hydrogens is 318 g/mol. The molecule has 2 aromatic rings. The van der Waals surface area contributed by atoms with E-state index in [-0.39, 0.29) is 12.0 Å². The molecule has 1 N–H and O–H groups in total. The Labute approximate surface area is 147 Å². The average Bonchev–Trinajstić information content (AvgIpc) is 3.39. The number of carbonyl (C=O) groups excluding carboxylic acids is 1. The second-order valence-electron chi connectivity index (χ2n) is 6.69. The molecule has 1 unspecified atom stereocenters. The van der Waals surface area contributed by atoms with Crippen molar-refractivity contribution in [1.82, 2.24) is 15.1 Å². The first-order valence-corrected chi connectivity index (χ1v) is 8.85. The van der Waals surface area contributed by atoms with E-state index in [0.29, 0.717) is 37.8 Å². The first-order chi connectivity index (χ1) is 12.2. The van der Waals surface area contributed by atoms with Gasteiger partial charge in [0.15, 0.2) is 0 Å². The van der Waals surface area contributed by atoms with Gasteiger partial charge in [0.1, 0.15) is 0 Å². The van der Waals surface area contributed by atoms with E-state index in [1.807, 2.05) is 22.9 Å². The molecule has 1 amide bonds. The van der Waals surface area contributed by atoms with Crippen molar-refractivity contribution in [1.29, 1.82) is 0 Å². The lowest BCUT2D eigenvalue weighted by molar-refractivity contribution is -0.0855. The average molecular weight is 341 g/mol. The molecule has 1 saturated heterocycles. The maximum Gasteiger partial charge on any atom is 0.254 e. The minimum atomic E-state index is -0.0871. The van der Waals surface area contributed by atoms with Crippen LogP contribution in [-0.4, -0.2) is 48.2 Å². The number of ether oxygens (including phenoxy) is 2. The third-order valence-electron chi connectivity index (χ3n) is 4.73. The van der Waals surface area contributed by atoms with E-state index in [4.69, 9.17) is 9.47 Å². The SMILES string of the molecule is Cc1ccccc1-n1ncc(C(=O)NCC2COCCO2)c1C1CC1. The zero-order valence-corrected chi connectivity index (χ0v) is 14.4. The highest BCUT2D eigenvalue weighted by molar-refractivity contribution is 5.95. The van der Waals surface area contributed by atoms with Crippen molar-refractivity contribution in [2.24, 2.45) is 0 Å². The van der Waals surface area contributed by atoms with Crippen LogP contribution in [0, 0.1) is 6.92 Å². The molecule has 1 aromatic carbocycles. The van der Waals surface area contributed by atoms with Crippen LogP contribution in [0.3, 0.4) is 0 Å². The molecule has 4 rings (SSSR count). The third-order valence-corrected chi connectivity index (χ3v) is 4.73. The number of aryl methyl sites for hydroxylation is 1. The summed E-state index contributed by atoms with van der Waals surface area (Å²) in [6, 6.07) is 8.12. The van der Waals surface area contributed by atoms with Gasteiger partial charge in [-0.15, -0.1) is 0 Å². The quantitative estimate of drug-likeness (QED) is 0.905. The van der Waals surface area contributed by atoms with Gasteiger partial charge in [-0.1, -0.05) is 18.2 Å².